The maximum atomic E-state index is 12.3. The number of hydrogen-bond donors (Lipinski definition) is 1. The molecule has 0 aliphatic carbocycles. The van der Waals surface area contributed by atoms with E-state index in [0.717, 1.165) is 38.8 Å². The number of rotatable bonds is 5. The van der Waals surface area contributed by atoms with E-state index in [-0.39, 0.29) is 23.8 Å². The van der Waals surface area contributed by atoms with Gasteiger partial charge in [0.05, 0.1) is 12.2 Å². The smallest absolute Gasteiger partial charge is 0.406 e. The Morgan fingerprint density at radius 2 is 1.79 bits per heavy atom. The number of amides is 1. The zero-order valence-corrected chi connectivity index (χ0v) is 15.9. The van der Waals surface area contributed by atoms with E-state index in [0.29, 0.717) is 0 Å². The standard InChI is InChI=1S/C20H17F3N2O2S/c1-12-5-3-4-6-16(12)19-25-13(2)17(28-19)11-24-18(26)14-7-9-15(10-8-14)27-20(21,22)23/h3-10H,11H2,1-2H3,(H,24,26). The molecule has 0 atom stereocenters. The second-order valence-electron chi connectivity index (χ2n) is 6.10. The van der Waals surface area contributed by atoms with Crippen LogP contribution in [0.5, 0.6) is 5.75 Å². The van der Waals surface area contributed by atoms with Crippen LogP contribution in [0.3, 0.4) is 0 Å². The van der Waals surface area contributed by atoms with Crippen molar-refractivity contribution in [3.63, 3.8) is 0 Å². The Morgan fingerprint density at radius 3 is 2.43 bits per heavy atom. The second kappa shape index (κ2) is 8.02. The molecule has 0 bridgehead atoms. The number of carbonyl (C=O) groups is 1. The fourth-order valence-electron chi connectivity index (χ4n) is 2.59. The monoisotopic (exact) mass is 406 g/mol. The summed E-state index contributed by atoms with van der Waals surface area (Å²) in [7, 11) is 0. The molecule has 2 aromatic carbocycles. The molecule has 1 heterocycles. The van der Waals surface area contributed by atoms with Gasteiger partial charge in [-0.2, -0.15) is 0 Å². The summed E-state index contributed by atoms with van der Waals surface area (Å²) in [4.78, 5) is 17.8. The highest BCUT2D eigenvalue weighted by Crippen LogP contribution is 2.30. The molecule has 8 heteroatoms. The Kier molecular flexibility index (Phi) is 5.69. The Balaban J connectivity index is 1.66. The Morgan fingerprint density at radius 1 is 1.11 bits per heavy atom. The molecule has 0 aliphatic rings. The van der Waals surface area contributed by atoms with Crippen molar-refractivity contribution in [2.45, 2.75) is 26.8 Å². The first-order valence-corrected chi connectivity index (χ1v) is 9.21. The molecular formula is C20H17F3N2O2S. The van der Waals surface area contributed by atoms with Gasteiger partial charge in [0, 0.05) is 16.0 Å². The molecule has 0 unspecified atom stereocenters. The van der Waals surface area contributed by atoms with Crippen LogP contribution in [-0.2, 0) is 6.54 Å². The molecule has 28 heavy (non-hydrogen) atoms. The van der Waals surface area contributed by atoms with E-state index >= 15 is 0 Å². The number of aryl methyl sites for hydroxylation is 2. The molecule has 0 saturated heterocycles. The van der Waals surface area contributed by atoms with Gasteiger partial charge in [-0.25, -0.2) is 4.98 Å². The molecule has 0 spiro atoms. The molecule has 0 fully saturated rings. The van der Waals surface area contributed by atoms with Gasteiger partial charge in [0.15, 0.2) is 0 Å². The number of hydrogen-bond acceptors (Lipinski definition) is 4. The molecular weight excluding hydrogens is 389 g/mol. The number of alkyl halides is 3. The van der Waals surface area contributed by atoms with Crippen LogP contribution in [0.4, 0.5) is 13.2 Å². The highest BCUT2D eigenvalue weighted by molar-refractivity contribution is 7.15. The summed E-state index contributed by atoms with van der Waals surface area (Å²) in [6.07, 6.45) is -4.76. The van der Waals surface area contributed by atoms with E-state index < -0.39 is 6.36 Å². The topological polar surface area (TPSA) is 51.2 Å². The molecule has 0 radical (unpaired) electrons. The van der Waals surface area contributed by atoms with Crippen molar-refractivity contribution in [3.05, 3.63) is 70.2 Å². The van der Waals surface area contributed by atoms with Crippen molar-refractivity contribution < 1.29 is 22.7 Å². The fourth-order valence-corrected chi connectivity index (χ4v) is 3.68. The molecule has 1 amide bonds. The van der Waals surface area contributed by atoms with Crippen molar-refractivity contribution in [1.82, 2.24) is 10.3 Å². The van der Waals surface area contributed by atoms with Crippen molar-refractivity contribution in [3.8, 4) is 16.3 Å². The van der Waals surface area contributed by atoms with Crippen LogP contribution < -0.4 is 10.1 Å². The maximum absolute atomic E-state index is 12.3. The second-order valence-corrected chi connectivity index (χ2v) is 7.18. The van der Waals surface area contributed by atoms with E-state index in [1.807, 2.05) is 38.1 Å². The highest BCUT2D eigenvalue weighted by Gasteiger charge is 2.31. The zero-order valence-electron chi connectivity index (χ0n) is 15.1. The Bertz CT molecular complexity index is 982. The first-order valence-electron chi connectivity index (χ1n) is 8.39. The zero-order chi connectivity index (χ0) is 20.3. The lowest BCUT2D eigenvalue weighted by Crippen LogP contribution is -2.22. The van der Waals surface area contributed by atoms with Crippen molar-refractivity contribution in [1.29, 1.82) is 0 Å². The molecule has 4 nitrogen and oxygen atoms in total. The fraction of sp³-hybridized carbons (Fsp3) is 0.200. The summed E-state index contributed by atoms with van der Waals surface area (Å²) in [6, 6.07) is 12.7. The van der Waals surface area contributed by atoms with Gasteiger partial charge in [0.1, 0.15) is 10.8 Å². The van der Waals surface area contributed by atoms with Crippen LogP contribution in [0, 0.1) is 13.8 Å². The van der Waals surface area contributed by atoms with E-state index in [2.05, 4.69) is 15.0 Å². The minimum atomic E-state index is -4.76. The van der Waals surface area contributed by atoms with E-state index in [1.54, 1.807) is 0 Å². The van der Waals surface area contributed by atoms with Crippen LogP contribution in [0.1, 0.15) is 26.5 Å². The summed E-state index contributed by atoms with van der Waals surface area (Å²) in [5.41, 5.74) is 3.25. The third-order valence-electron chi connectivity index (χ3n) is 4.03. The number of halogens is 3. The Labute approximate surface area is 164 Å². The number of carbonyl (C=O) groups excluding carboxylic acids is 1. The third-order valence-corrected chi connectivity index (χ3v) is 5.22. The van der Waals surface area contributed by atoms with E-state index in [4.69, 9.17) is 0 Å². The molecule has 1 N–H and O–H groups in total. The lowest BCUT2D eigenvalue weighted by Gasteiger charge is -2.09. The Hall–Kier alpha value is -2.87. The average Bonchev–Trinajstić information content (AvgIpc) is 3.00. The first-order chi connectivity index (χ1) is 13.2. The van der Waals surface area contributed by atoms with Gasteiger partial charge in [-0.05, 0) is 43.7 Å². The van der Waals surface area contributed by atoms with E-state index in [9.17, 15) is 18.0 Å². The number of nitrogens with zero attached hydrogens (tertiary/aromatic N) is 1. The van der Waals surface area contributed by atoms with Crippen LogP contribution in [0.2, 0.25) is 0 Å². The lowest BCUT2D eigenvalue weighted by atomic mass is 10.1. The number of aromatic nitrogens is 1. The quantitative estimate of drug-likeness (QED) is 0.629. The highest BCUT2D eigenvalue weighted by atomic mass is 32.1. The SMILES string of the molecule is Cc1ccccc1-c1nc(C)c(CNC(=O)c2ccc(OC(F)(F)F)cc2)s1. The van der Waals surface area contributed by atoms with Crippen LogP contribution in [-0.4, -0.2) is 17.3 Å². The van der Waals surface area contributed by atoms with Gasteiger partial charge >= 0.3 is 6.36 Å². The molecule has 0 aliphatic heterocycles. The summed E-state index contributed by atoms with van der Waals surface area (Å²) in [5.74, 6) is -0.756. The van der Waals surface area contributed by atoms with Crippen LogP contribution in [0.15, 0.2) is 48.5 Å². The predicted octanol–water partition coefficient (Wildman–Crippen LogP) is 5.26. The summed E-state index contributed by atoms with van der Waals surface area (Å²) >= 11 is 1.50. The summed E-state index contributed by atoms with van der Waals surface area (Å²) in [5, 5.41) is 3.65. The molecule has 1 aromatic heterocycles. The normalized spacial score (nSPS) is 11.3. The van der Waals surface area contributed by atoms with Crippen LogP contribution >= 0.6 is 11.3 Å². The largest absolute Gasteiger partial charge is 0.573 e. The number of ether oxygens (including phenoxy) is 1. The number of benzene rings is 2. The van der Waals surface area contributed by atoms with Gasteiger partial charge in [-0.1, -0.05) is 24.3 Å². The molecule has 3 rings (SSSR count). The van der Waals surface area contributed by atoms with Gasteiger partial charge in [0.2, 0.25) is 0 Å². The number of nitrogens with one attached hydrogen (secondary N) is 1. The lowest BCUT2D eigenvalue weighted by molar-refractivity contribution is -0.274. The van der Waals surface area contributed by atoms with Crippen molar-refractivity contribution in [2.24, 2.45) is 0 Å². The predicted molar refractivity (Wildman–Crippen MR) is 101 cm³/mol. The molecule has 0 saturated carbocycles. The van der Waals surface area contributed by atoms with Crippen molar-refractivity contribution >= 4 is 17.2 Å². The van der Waals surface area contributed by atoms with Gasteiger partial charge in [0.25, 0.3) is 5.91 Å². The summed E-state index contributed by atoms with van der Waals surface area (Å²) in [6.45, 7) is 4.18. The summed E-state index contributed by atoms with van der Waals surface area (Å²) < 4.78 is 40.4. The molecule has 3 aromatic rings. The van der Waals surface area contributed by atoms with Gasteiger partial charge < -0.3 is 10.1 Å². The minimum Gasteiger partial charge on any atom is -0.406 e. The molecule has 146 valence electrons. The third kappa shape index (κ3) is 4.89. The van der Waals surface area contributed by atoms with Gasteiger partial charge in [-0.15, -0.1) is 24.5 Å². The maximum Gasteiger partial charge on any atom is 0.573 e. The average molecular weight is 406 g/mol. The van der Waals surface area contributed by atoms with Crippen LogP contribution in [0.25, 0.3) is 10.6 Å². The van der Waals surface area contributed by atoms with Crippen molar-refractivity contribution in [2.75, 3.05) is 0 Å². The first kappa shape index (κ1) is 19.9. The van der Waals surface area contributed by atoms with E-state index in [1.165, 1.54) is 23.5 Å². The minimum absolute atomic E-state index is 0.246. The number of thiazole rings is 1. The van der Waals surface area contributed by atoms with Gasteiger partial charge in [-0.3, -0.25) is 4.79 Å².